The van der Waals surface area contributed by atoms with Crippen LogP contribution in [0.1, 0.15) is 0 Å². The van der Waals surface area contributed by atoms with Crippen LogP contribution in [-0.2, 0) is 0 Å². The molecule has 0 saturated carbocycles. The Hall–Kier alpha value is -1.71. The Morgan fingerprint density at radius 1 is 1.50 bits per heavy atom. The van der Waals surface area contributed by atoms with Gasteiger partial charge in [0.2, 0.25) is 0 Å². The summed E-state index contributed by atoms with van der Waals surface area (Å²) >= 11 is 0. The van der Waals surface area contributed by atoms with Gasteiger partial charge in [-0.25, -0.2) is 9.07 Å². The van der Waals surface area contributed by atoms with Crippen molar-refractivity contribution in [3.63, 3.8) is 0 Å². The maximum absolute atomic E-state index is 13.0. The van der Waals surface area contributed by atoms with Crippen molar-refractivity contribution >= 4 is 0 Å². The second kappa shape index (κ2) is 2.73. The molecule has 1 heterocycles. The largest absolute Gasteiger partial charge is 0.217 e. The molecule has 0 saturated heterocycles. The summed E-state index contributed by atoms with van der Waals surface area (Å²) in [6.45, 7) is 0. The van der Waals surface area contributed by atoms with Gasteiger partial charge in [-0.15, -0.1) is 5.10 Å². The van der Waals surface area contributed by atoms with Gasteiger partial charge in [-0.1, -0.05) is 17.3 Å². The van der Waals surface area contributed by atoms with E-state index < -0.39 is 0 Å². The van der Waals surface area contributed by atoms with Gasteiger partial charge < -0.3 is 0 Å². The lowest BCUT2D eigenvalue weighted by molar-refractivity contribution is 0.606. The Morgan fingerprint density at radius 2 is 2.42 bits per heavy atom. The molecule has 1 aromatic heterocycles. The van der Waals surface area contributed by atoms with Gasteiger partial charge in [0.25, 0.3) is 0 Å². The van der Waals surface area contributed by atoms with E-state index in [-0.39, 0.29) is 11.5 Å². The molecule has 0 unspecified atom stereocenters. The van der Waals surface area contributed by atoms with E-state index in [4.69, 9.17) is 0 Å². The predicted octanol–water partition coefficient (Wildman–Crippen LogP) is 1.21. The molecule has 0 aliphatic carbocycles. The highest BCUT2D eigenvalue weighted by Gasteiger charge is 2.02. The summed E-state index contributed by atoms with van der Waals surface area (Å²) in [4.78, 5) is 0. The molecule has 0 bridgehead atoms. The molecule has 2 rings (SSSR count). The second-order valence-electron chi connectivity index (χ2n) is 2.21. The van der Waals surface area contributed by atoms with Gasteiger partial charge >= 0.3 is 0 Å². The average molecular weight is 162 g/mol. The van der Waals surface area contributed by atoms with E-state index in [1.807, 2.05) is 0 Å². The van der Waals surface area contributed by atoms with E-state index in [2.05, 4.69) is 16.4 Å². The number of benzene rings is 1. The van der Waals surface area contributed by atoms with E-state index in [1.54, 1.807) is 18.3 Å². The molecule has 0 aliphatic rings. The van der Waals surface area contributed by atoms with Gasteiger partial charge in [0.15, 0.2) is 0 Å². The van der Waals surface area contributed by atoms with Crippen molar-refractivity contribution in [2.45, 2.75) is 0 Å². The van der Waals surface area contributed by atoms with Crippen molar-refractivity contribution in [2.24, 2.45) is 0 Å². The smallest absolute Gasteiger partial charge is 0.149 e. The SMILES string of the molecule is Fc1ccc[c]c1-n1ccnn1. The zero-order chi connectivity index (χ0) is 8.39. The van der Waals surface area contributed by atoms with Crippen LogP contribution in [0.3, 0.4) is 0 Å². The highest BCUT2D eigenvalue weighted by atomic mass is 19.1. The molecular weight excluding hydrogens is 157 g/mol. The molecule has 4 heteroatoms. The minimum absolute atomic E-state index is 0.287. The zero-order valence-electron chi connectivity index (χ0n) is 6.11. The lowest BCUT2D eigenvalue weighted by atomic mass is 10.3. The normalized spacial score (nSPS) is 10.1. The van der Waals surface area contributed by atoms with E-state index >= 15 is 0 Å². The zero-order valence-corrected chi connectivity index (χ0v) is 6.11. The molecule has 1 radical (unpaired) electrons. The van der Waals surface area contributed by atoms with Crippen LogP contribution in [0.2, 0.25) is 0 Å². The lowest BCUT2D eigenvalue weighted by Gasteiger charge is -1.98. The Labute approximate surface area is 68.4 Å². The molecule has 3 nitrogen and oxygen atoms in total. The van der Waals surface area contributed by atoms with Crippen molar-refractivity contribution in [1.82, 2.24) is 15.0 Å². The lowest BCUT2D eigenvalue weighted by Crippen LogP contribution is -1.98. The van der Waals surface area contributed by atoms with E-state index in [0.717, 1.165) is 0 Å². The van der Waals surface area contributed by atoms with Crippen LogP contribution in [0.5, 0.6) is 0 Å². The van der Waals surface area contributed by atoms with Crippen LogP contribution in [0.25, 0.3) is 5.69 Å². The van der Waals surface area contributed by atoms with Crippen LogP contribution in [-0.4, -0.2) is 15.0 Å². The minimum Gasteiger partial charge on any atom is -0.217 e. The van der Waals surface area contributed by atoms with Gasteiger partial charge in [-0.3, -0.25) is 0 Å². The van der Waals surface area contributed by atoms with E-state index in [0.29, 0.717) is 0 Å². The van der Waals surface area contributed by atoms with E-state index in [1.165, 1.54) is 16.9 Å². The minimum atomic E-state index is -0.358. The molecule has 0 amide bonds. The first-order valence-corrected chi connectivity index (χ1v) is 3.41. The van der Waals surface area contributed by atoms with Crippen molar-refractivity contribution < 1.29 is 4.39 Å². The molecule has 2 aromatic rings. The molecule has 0 fully saturated rings. The number of hydrogen-bond acceptors (Lipinski definition) is 2. The number of rotatable bonds is 1. The number of nitrogens with zero attached hydrogens (tertiary/aromatic N) is 3. The molecule has 0 spiro atoms. The fourth-order valence-electron chi connectivity index (χ4n) is 0.911. The second-order valence-corrected chi connectivity index (χ2v) is 2.21. The van der Waals surface area contributed by atoms with Crippen LogP contribution in [0, 0.1) is 11.9 Å². The molecule has 0 N–H and O–H groups in total. The van der Waals surface area contributed by atoms with Crippen molar-refractivity contribution in [3.05, 3.63) is 42.5 Å². The van der Waals surface area contributed by atoms with Gasteiger partial charge in [0.1, 0.15) is 11.5 Å². The first-order valence-electron chi connectivity index (χ1n) is 3.41. The summed E-state index contributed by atoms with van der Waals surface area (Å²) in [6.07, 6.45) is 3.05. The third-order valence-corrected chi connectivity index (χ3v) is 1.44. The fraction of sp³-hybridized carbons (Fsp3) is 0. The average Bonchev–Trinajstić information content (AvgIpc) is 2.57. The Balaban J connectivity index is 2.55. The number of hydrogen-bond donors (Lipinski definition) is 0. The summed E-state index contributed by atoms with van der Waals surface area (Å²) in [6, 6.07) is 7.28. The highest BCUT2D eigenvalue weighted by Crippen LogP contribution is 2.08. The van der Waals surface area contributed by atoms with Crippen LogP contribution >= 0.6 is 0 Å². The molecule has 59 valence electrons. The Morgan fingerprint density at radius 3 is 3.08 bits per heavy atom. The Bertz CT molecular complexity index is 370. The summed E-state index contributed by atoms with van der Waals surface area (Å²) in [5.41, 5.74) is 0.287. The maximum atomic E-state index is 13.0. The molecule has 0 aliphatic heterocycles. The van der Waals surface area contributed by atoms with Crippen LogP contribution in [0.4, 0.5) is 4.39 Å². The molecule has 0 atom stereocenters. The number of aromatic nitrogens is 3. The number of halogens is 1. The highest BCUT2D eigenvalue weighted by molar-refractivity contribution is 5.29. The predicted molar refractivity (Wildman–Crippen MR) is 40.2 cm³/mol. The van der Waals surface area contributed by atoms with Gasteiger partial charge in [-0.05, 0) is 6.07 Å². The number of para-hydroxylation sites is 1. The van der Waals surface area contributed by atoms with Crippen LogP contribution < -0.4 is 0 Å². The molecular formula is C8H5FN3. The molecule has 1 aromatic carbocycles. The third kappa shape index (κ3) is 1.07. The van der Waals surface area contributed by atoms with E-state index in [9.17, 15) is 4.39 Å². The first-order chi connectivity index (χ1) is 5.88. The topological polar surface area (TPSA) is 30.7 Å². The van der Waals surface area contributed by atoms with Crippen molar-refractivity contribution in [1.29, 1.82) is 0 Å². The molecule has 12 heavy (non-hydrogen) atoms. The van der Waals surface area contributed by atoms with Gasteiger partial charge in [0.05, 0.1) is 12.4 Å². The van der Waals surface area contributed by atoms with Gasteiger partial charge in [0, 0.05) is 6.07 Å². The van der Waals surface area contributed by atoms with Crippen molar-refractivity contribution in [3.8, 4) is 5.69 Å². The van der Waals surface area contributed by atoms with Crippen LogP contribution in [0.15, 0.2) is 30.6 Å². The Kier molecular flexibility index (Phi) is 1.59. The summed E-state index contributed by atoms with van der Waals surface area (Å²) in [5, 5.41) is 7.21. The summed E-state index contributed by atoms with van der Waals surface area (Å²) < 4.78 is 14.4. The summed E-state index contributed by atoms with van der Waals surface area (Å²) in [7, 11) is 0. The monoisotopic (exact) mass is 162 g/mol. The standard InChI is InChI=1S/C8H5FN3/c9-7-3-1-2-4-8(7)12-6-5-10-11-12/h1-3,5-6H. The quantitative estimate of drug-likeness (QED) is 0.630. The third-order valence-electron chi connectivity index (χ3n) is 1.44. The summed E-state index contributed by atoms with van der Waals surface area (Å²) in [5.74, 6) is -0.358. The van der Waals surface area contributed by atoms with Gasteiger partial charge in [-0.2, -0.15) is 0 Å². The first kappa shape index (κ1) is 6.97. The van der Waals surface area contributed by atoms with Crippen molar-refractivity contribution in [2.75, 3.05) is 0 Å². The fourth-order valence-corrected chi connectivity index (χ4v) is 0.911. The maximum Gasteiger partial charge on any atom is 0.149 e.